The fourth-order valence-corrected chi connectivity index (χ4v) is 3.30. The highest BCUT2D eigenvalue weighted by atomic mass is 19.1. The van der Waals surface area contributed by atoms with Crippen LogP contribution in [0.15, 0.2) is 48.5 Å². The Labute approximate surface area is 158 Å². The summed E-state index contributed by atoms with van der Waals surface area (Å²) < 4.78 is 13.6. The average Bonchev–Trinajstić information content (AvgIpc) is 2.63. The summed E-state index contributed by atoms with van der Waals surface area (Å²) in [5, 5.41) is 2.82. The lowest BCUT2D eigenvalue weighted by atomic mass is 9.89. The molecule has 0 saturated carbocycles. The van der Waals surface area contributed by atoms with Crippen LogP contribution in [0.1, 0.15) is 23.5 Å². The molecule has 2 aromatic carbocycles. The minimum atomic E-state index is -0.523. The van der Waals surface area contributed by atoms with Gasteiger partial charge in [0.2, 0.25) is 11.8 Å². The van der Waals surface area contributed by atoms with E-state index >= 15 is 0 Å². The van der Waals surface area contributed by atoms with Gasteiger partial charge in [0.25, 0.3) is 0 Å². The Morgan fingerprint density at radius 3 is 2.67 bits per heavy atom. The summed E-state index contributed by atoms with van der Waals surface area (Å²) in [7, 11) is 3.88. The number of anilines is 1. The van der Waals surface area contributed by atoms with E-state index in [2.05, 4.69) is 5.32 Å². The standard InChI is InChI=1S/C21H24FN3O2/c1-24(2)10-11-25(14-15-6-5-7-16(22)12-15)21(27)18-13-20(26)23-19-9-4-3-8-17(18)19/h3-9,12,18H,10-11,13-14H2,1-2H3,(H,23,26). The number of carbonyl (C=O) groups excluding carboxylic acids is 2. The minimum absolute atomic E-state index is 0.108. The monoisotopic (exact) mass is 369 g/mol. The molecule has 1 heterocycles. The predicted octanol–water partition coefficient (Wildman–Crippen LogP) is 2.84. The number of fused-ring (bicyclic) bond motifs is 1. The largest absolute Gasteiger partial charge is 0.337 e. The molecular weight excluding hydrogens is 345 g/mol. The van der Waals surface area contributed by atoms with Crippen molar-refractivity contribution in [1.82, 2.24) is 9.80 Å². The molecular formula is C21H24FN3O2. The number of benzene rings is 2. The highest BCUT2D eigenvalue weighted by Gasteiger charge is 2.33. The van der Waals surface area contributed by atoms with Gasteiger partial charge in [-0.1, -0.05) is 30.3 Å². The van der Waals surface area contributed by atoms with Crippen molar-refractivity contribution < 1.29 is 14.0 Å². The van der Waals surface area contributed by atoms with E-state index in [1.807, 2.05) is 43.3 Å². The predicted molar refractivity (Wildman–Crippen MR) is 103 cm³/mol. The summed E-state index contributed by atoms with van der Waals surface area (Å²) in [5.41, 5.74) is 2.25. The zero-order valence-corrected chi connectivity index (χ0v) is 15.6. The van der Waals surface area contributed by atoms with Crippen molar-refractivity contribution in [3.63, 3.8) is 0 Å². The molecule has 1 unspecified atom stereocenters. The van der Waals surface area contributed by atoms with Crippen LogP contribution in [0, 0.1) is 5.82 Å². The number of rotatable bonds is 6. The molecule has 1 N–H and O–H groups in total. The summed E-state index contributed by atoms with van der Waals surface area (Å²) in [6.45, 7) is 1.50. The van der Waals surface area contributed by atoms with Gasteiger partial charge in [0, 0.05) is 31.7 Å². The number of hydrogen-bond donors (Lipinski definition) is 1. The molecule has 6 heteroatoms. The van der Waals surface area contributed by atoms with Crippen molar-refractivity contribution in [2.24, 2.45) is 0 Å². The van der Waals surface area contributed by atoms with Gasteiger partial charge < -0.3 is 15.1 Å². The van der Waals surface area contributed by atoms with Crippen LogP contribution in [0.25, 0.3) is 0 Å². The molecule has 1 aliphatic heterocycles. The van der Waals surface area contributed by atoms with Crippen molar-refractivity contribution in [3.8, 4) is 0 Å². The smallest absolute Gasteiger partial charge is 0.231 e. The van der Waals surface area contributed by atoms with Crippen LogP contribution < -0.4 is 5.32 Å². The van der Waals surface area contributed by atoms with E-state index in [4.69, 9.17) is 0 Å². The van der Waals surface area contributed by atoms with E-state index in [0.717, 1.165) is 11.1 Å². The van der Waals surface area contributed by atoms with Crippen molar-refractivity contribution in [3.05, 3.63) is 65.5 Å². The van der Waals surface area contributed by atoms with Gasteiger partial charge in [-0.2, -0.15) is 0 Å². The third kappa shape index (κ3) is 4.71. The van der Waals surface area contributed by atoms with Crippen LogP contribution in [0.2, 0.25) is 0 Å². The maximum atomic E-state index is 13.6. The number of nitrogens with one attached hydrogen (secondary N) is 1. The molecule has 0 spiro atoms. The van der Waals surface area contributed by atoms with Gasteiger partial charge in [0.1, 0.15) is 5.82 Å². The Kier molecular flexibility index (Phi) is 5.86. The minimum Gasteiger partial charge on any atom is -0.337 e. The van der Waals surface area contributed by atoms with Crippen LogP contribution in [-0.2, 0) is 16.1 Å². The second-order valence-corrected chi connectivity index (χ2v) is 7.09. The number of nitrogens with zero attached hydrogens (tertiary/aromatic N) is 2. The summed E-state index contributed by atoms with van der Waals surface area (Å²) in [4.78, 5) is 29.1. The van der Waals surface area contributed by atoms with E-state index in [0.29, 0.717) is 25.3 Å². The number of para-hydroxylation sites is 1. The Morgan fingerprint density at radius 2 is 1.93 bits per heavy atom. The second-order valence-electron chi connectivity index (χ2n) is 7.09. The Hall–Kier alpha value is -2.73. The molecule has 142 valence electrons. The van der Waals surface area contributed by atoms with Gasteiger partial charge in [-0.05, 0) is 43.4 Å². The fraction of sp³-hybridized carbons (Fsp3) is 0.333. The van der Waals surface area contributed by atoms with Crippen molar-refractivity contribution >= 4 is 17.5 Å². The molecule has 5 nitrogen and oxygen atoms in total. The maximum absolute atomic E-state index is 13.6. The highest BCUT2D eigenvalue weighted by Crippen LogP contribution is 2.33. The molecule has 1 atom stereocenters. The van der Waals surface area contributed by atoms with Gasteiger partial charge in [0.05, 0.1) is 5.92 Å². The van der Waals surface area contributed by atoms with E-state index < -0.39 is 5.92 Å². The first-order valence-electron chi connectivity index (χ1n) is 9.01. The van der Waals surface area contributed by atoms with Crippen LogP contribution in [-0.4, -0.2) is 48.8 Å². The molecule has 2 aromatic rings. The lowest BCUT2D eigenvalue weighted by Gasteiger charge is -2.31. The zero-order valence-electron chi connectivity index (χ0n) is 15.6. The first-order chi connectivity index (χ1) is 12.9. The number of carbonyl (C=O) groups is 2. The van der Waals surface area contributed by atoms with Crippen molar-refractivity contribution in [2.45, 2.75) is 18.9 Å². The molecule has 27 heavy (non-hydrogen) atoms. The lowest BCUT2D eigenvalue weighted by Crippen LogP contribution is -2.41. The number of hydrogen-bond acceptors (Lipinski definition) is 3. The molecule has 3 rings (SSSR count). The van der Waals surface area contributed by atoms with E-state index in [9.17, 15) is 14.0 Å². The highest BCUT2D eigenvalue weighted by molar-refractivity contribution is 6.01. The van der Waals surface area contributed by atoms with Gasteiger partial charge in [-0.15, -0.1) is 0 Å². The molecule has 0 bridgehead atoms. The molecule has 0 aliphatic carbocycles. The number of likely N-dealkylation sites (N-methyl/N-ethyl adjacent to an activating group) is 1. The molecule has 0 saturated heterocycles. The summed E-state index contributed by atoms with van der Waals surface area (Å²) in [6, 6.07) is 13.7. The van der Waals surface area contributed by atoms with Crippen LogP contribution >= 0.6 is 0 Å². The van der Waals surface area contributed by atoms with Gasteiger partial charge in [-0.3, -0.25) is 9.59 Å². The molecule has 2 amide bonds. The van der Waals surface area contributed by atoms with Crippen LogP contribution in [0.3, 0.4) is 0 Å². The van der Waals surface area contributed by atoms with Gasteiger partial charge >= 0.3 is 0 Å². The van der Waals surface area contributed by atoms with Crippen LogP contribution in [0.4, 0.5) is 10.1 Å². The van der Waals surface area contributed by atoms with E-state index in [-0.39, 0.29) is 24.1 Å². The van der Waals surface area contributed by atoms with Crippen molar-refractivity contribution in [2.75, 3.05) is 32.5 Å². The van der Waals surface area contributed by atoms with Crippen molar-refractivity contribution in [1.29, 1.82) is 0 Å². The summed E-state index contributed by atoms with van der Waals surface area (Å²) >= 11 is 0. The molecule has 1 aliphatic rings. The first kappa shape index (κ1) is 19.0. The zero-order chi connectivity index (χ0) is 19.4. The lowest BCUT2D eigenvalue weighted by molar-refractivity contribution is -0.135. The van der Waals surface area contributed by atoms with E-state index in [1.54, 1.807) is 17.0 Å². The van der Waals surface area contributed by atoms with Crippen LogP contribution in [0.5, 0.6) is 0 Å². The molecule has 0 fully saturated rings. The Bertz CT molecular complexity index is 838. The first-order valence-corrected chi connectivity index (χ1v) is 9.01. The second kappa shape index (κ2) is 8.31. The normalized spacial score (nSPS) is 16.0. The Morgan fingerprint density at radius 1 is 1.15 bits per heavy atom. The topological polar surface area (TPSA) is 52.7 Å². The molecule has 0 radical (unpaired) electrons. The quantitative estimate of drug-likeness (QED) is 0.852. The molecule has 0 aromatic heterocycles. The fourth-order valence-electron chi connectivity index (χ4n) is 3.30. The summed E-state index contributed by atoms with van der Waals surface area (Å²) in [6.07, 6.45) is 0.122. The van der Waals surface area contributed by atoms with Gasteiger partial charge in [0.15, 0.2) is 0 Å². The number of halogens is 1. The number of amides is 2. The maximum Gasteiger partial charge on any atom is 0.231 e. The Balaban J connectivity index is 1.87. The summed E-state index contributed by atoms with van der Waals surface area (Å²) in [5.74, 6) is -1.12. The van der Waals surface area contributed by atoms with Gasteiger partial charge in [-0.25, -0.2) is 4.39 Å². The SMILES string of the molecule is CN(C)CCN(Cc1cccc(F)c1)C(=O)C1CC(=O)Nc2ccccc21. The third-order valence-corrected chi connectivity index (χ3v) is 4.69. The average molecular weight is 369 g/mol. The third-order valence-electron chi connectivity index (χ3n) is 4.69. The van der Waals surface area contributed by atoms with E-state index in [1.165, 1.54) is 12.1 Å².